The number of fused-ring (bicyclic) bond motifs is 1. The highest BCUT2D eigenvalue weighted by atomic mass is 16.5. The van der Waals surface area contributed by atoms with Crippen LogP contribution in [0.1, 0.15) is 5.69 Å². The molecule has 0 fully saturated rings. The Bertz CT molecular complexity index is 761. The molecule has 0 saturated carbocycles. The summed E-state index contributed by atoms with van der Waals surface area (Å²) in [5, 5.41) is 6.41. The number of hydrogen-bond donors (Lipinski definition) is 1. The number of methoxy groups -OCH3 is 1. The lowest BCUT2D eigenvalue weighted by Crippen LogP contribution is -2.13. The lowest BCUT2D eigenvalue weighted by atomic mass is 10.2. The summed E-state index contributed by atoms with van der Waals surface area (Å²) in [4.78, 5) is 16.3. The third-order valence-corrected chi connectivity index (χ3v) is 2.78. The quantitative estimate of drug-likeness (QED) is 0.765. The van der Waals surface area contributed by atoms with Gasteiger partial charge in [0.1, 0.15) is 5.82 Å². The maximum absolute atomic E-state index is 11.8. The van der Waals surface area contributed by atoms with Crippen LogP contribution in [0.15, 0.2) is 41.2 Å². The molecule has 3 rings (SSSR count). The Morgan fingerprint density at radius 3 is 2.84 bits per heavy atom. The number of rotatable bonds is 3. The molecular formula is C13H12N4O2. The van der Waals surface area contributed by atoms with E-state index in [1.54, 1.807) is 13.2 Å². The fraction of sp³-hybridized carbons (Fsp3) is 0.154. The number of aromatic amines is 1. The van der Waals surface area contributed by atoms with Crippen molar-refractivity contribution in [2.75, 3.05) is 7.11 Å². The van der Waals surface area contributed by atoms with Gasteiger partial charge >= 0.3 is 5.69 Å². The first-order valence-corrected chi connectivity index (χ1v) is 5.81. The molecule has 0 radical (unpaired) electrons. The van der Waals surface area contributed by atoms with Gasteiger partial charge in [0.15, 0.2) is 5.65 Å². The average Bonchev–Trinajstić information content (AvgIpc) is 2.81. The van der Waals surface area contributed by atoms with E-state index in [0.717, 1.165) is 11.3 Å². The van der Waals surface area contributed by atoms with Gasteiger partial charge in [0.05, 0.1) is 12.3 Å². The zero-order valence-corrected chi connectivity index (χ0v) is 10.3. The first-order chi connectivity index (χ1) is 9.29. The van der Waals surface area contributed by atoms with E-state index in [2.05, 4.69) is 15.2 Å². The van der Waals surface area contributed by atoms with Crippen LogP contribution >= 0.6 is 0 Å². The molecule has 1 aromatic carbocycles. The largest absolute Gasteiger partial charge is 0.378 e. The zero-order valence-electron chi connectivity index (χ0n) is 10.3. The molecule has 3 aromatic rings. The number of ether oxygens (including phenoxy) is 1. The molecule has 0 saturated heterocycles. The molecule has 0 aliphatic heterocycles. The second-order valence-corrected chi connectivity index (χ2v) is 4.09. The van der Waals surface area contributed by atoms with Crippen LogP contribution in [0.2, 0.25) is 0 Å². The summed E-state index contributed by atoms with van der Waals surface area (Å²) >= 11 is 0. The van der Waals surface area contributed by atoms with E-state index in [0.29, 0.717) is 18.1 Å². The second-order valence-electron chi connectivity index (χ2n) is 4.09. The minimum absolute atomic E-state index is 0.301. The van der Waals surface area contributed by atoms with E-state index in [4.69, 9.17) is 4.74 Å². The summed E-state index contributed by atoms with van der Waals surface area (Å²) in [6.07, 6.45) is 0. The molecule has 2 aromatic heterocycles. The Hall–Kier alpha value is -2.47. The molecule has 0 bridgehead atoms. The zero-order chi connectivity index (χ0) is 13.2. The Morgan fingerprint density at radius 1 is 1.32 bits per heavy atom. The summed E-state index contributed by atoms with van der Waals surface area (Å²) in [7, 11) is 1.60. The Kier molecular flexibility index (Phi) is 2.85. The minimum atomic E-state index is -0.301. The molecule has 0 amide bonds. The monoisotopic (exact) mass is 256 g/mol. The van der Waals surface area contributed by atoms with Gasteiger partial charge in [-0.1, -0.05) is 30.3 Å². The Balaban J connectivity index is 2.31. The maximum Gasteiger partial charge on any atom is 0.349 e. The molecule has 0 unspecified atom stereocenters. The van der Waals surface area contributed by atoms with Crippen molar-refractivity contribution in [3.63, 3.8) is 0 Å². The van der Waals surface area contributed by atoms with Gasteiger partial charge in [-0.2, -0.15) is 5.10 Å². The number of nitrogens with zero attached hydrogens (tertiary/aromatic N) is 3. The lowest BCUT2D eigenvalue weighted by molar-refractivity contribution is 0.181. The maximum atomic E-state index is 11.8. The number of benzene rings is 1. The van der Waals surface area contributed by atoms with Crippen molar-refractivity contribution in [3.05, 3.63) is 52.6 Å². The van der Waals surface area contributed by atoms with Gasteiger partial charge in [-0.15, -0.1) is 0 Å². The van der Waals surface area contributed by atoms with Gasteiger partial charge in [-0.3, -0.25) is 0 Å². The van der Waals surface area contributed by atoms with E-state index in [9.17, 15) is 4.79 Å². The highest BCUT2D eigenvalue weighted by molar-refractivity contribution is 5.59. The molecule has 0 aliphatic carbocycles. The highest BCUT2D eigenvalue weighted by Crippen LogP contribution is 2.17. The SMILES string of the molecule is COCc1cc2n[nH]c(=O)n2c(-c2ccccc2)n1. The standard InChI is InChI=1S/C13H12N4O2/c1-19-8-10-7-11-15-16-13(18)17(11)12(14-10)9-5-3-2-4-6-9/h2-7H,8H2,1H3,(H,16,18). The average molecular weight is 256 g/mol. The Labute approximate surface area is 108 Å². The van der Waals surface area contributed by atoms with Gasteiger partial charge in [-0.05, 0) is 0 Å². The lowest BCUT2D eigenvalue weighted by Gasteiger charge is -2.06. The van der Waals surface area contributed by atoms with E-state index >= 15 is 0 Å². The molecule has 6 heteroatoms. The fourth-order valence-electron chi connectivity index (χ4n) is 1.98. The van der Waals surface area contributed by atoms with Gasteiger partial charge in [-0.25, -0.2) is 19.3 Å². The van der Waals surface area contributed by atoms with Crippen LogP contribution in [0, 0.1) is 0 Å². The topological polar surface area (TPSA) is 72.3 Å². The highest BCUT2D eigenvalue weighted by Gasteiger charge is 2.11. The summed E-state index contributed by atoms with van der Waals surface area (Å²) in [5.74, 6) is 0.559. The molecule has 0 atom stereocenters. The van der Waals surface area contributed by atoms with Gasteiger partial charge in [0.2, 0.25) is 0 Å². The normalized spacial score (nSPS) is 11.0. The van der Waals surface area contributed by atoms with Gasteiger partial charge in [0, 0.05) is 18.7 Å². The smallest absolute Gasteiger partial charge is 0.349 e. The molecular weight excluding hydrogens is 244 g/mol. The van der Waals surface area contributed by atoms with Crippen molar-refractivity contribution in [1.82, 2.24) is 19.6 Å². The number of nitrogens with one attached hydrogen (secondary N) is 1. The van der Waals surface area contributed by atoms with Crippen molar-refractivity contribution in [1.29, 1.82) is 0 Å². The van der Waals surface area contributed by atoms with Crippen LogP contribution in [-0.2, 0) is 11.3 Å². The fourth-order valence-corrected chi connectivity index (χ4v) is 1.98. The van der Waals surface area contributed by atoms with Crippen LogP contribution in [-0.4, -0.2) is 26.7 Å². The summed E-state index contributed by atoms with van der Waals surface area (Å²) in [6, 6.07) is 11.2. The van der Waals surface area contributed by atoms with Crippen LogP contribution in [0.4, 0.5) is 0 Å². The third-order valence-electron chi connectivity index (χ3n) is 2.78. The molecule has 0 spiro atoms. The van der Waals surface area contributed by atoms with Crippen molar-refractivity contribution in [2.45, 2.75) is 6.61 Å². The predicted molar refractivity (Wildman–Crippen MR) is 69.8 cm³/mol. The number of H-pyrrole nitrogens is 1. The molecule has 96 valence electrons. The summed E-state index contributed by atoms with van der Waals surface area (Å²) in [5.41, 5.74) is 1.82. The Morgan fingerprint density at radius 2 is 2.11 bits per heavy atom. The molecule has 19 heavy (non-hydrogen) atoms. The van der Waals surface area contributed by atoms with Crippen LogP contribution in [0.5, 0.6) is 0 Å². The minimum Gasteiger partial charge on any atom is -0.378 e. The first-order valence-electron chi connectivity index (χ1n) is 5.81. The van der Waals surface area contributed by atoms with Crippen molar-refractivity contribution >= 4 is 5.65 Å². The molecule has 2 heterocycles. The second kappa shape index (κ2) is 4.66. The number of hydrogen-bond acceptors (Lipinski definition) is 4. The summed E-state index contributed by atoms with van der Waals surface area (Å²) in [6.45, 7) is 0.372. The predicted octanol–water partition coefficient (Wildman–Crippen LogP) is 1.23. The van der Waals surface area contributed by atoms with Crippen LogP contribution in [0.3, 0.4) is 0 Å². The van der Waals surface area contributed by atoms with E-state index < -0.39 is 0 Å². The molecule has 0 aliphatic rings. The van der Waals surface area contributed by atoms with Crippen LogP contribution < -0.4 is 5.69 Å². The van der Waals surface area contributed by atoms with Gasteiger partial charge < -0.3 is 4.74 Å². The van der Waals surface area contributed by atoms with E-state index in [-0.39, 0.29) is 5.69 Å². The third kappa shape index (κ3) is 2.02. The van der Waals surface area contributed by atoms with Crippen molar-refractivity contribution in [2.24, 2.45) is 0 Å². The summed E-state index contributed by atoms with van der Waals surface area (Å²) < 4.78 is 6.54. The van der Waals surface area contributed by atoms with Crippen molar-refractivity contribution < 1.29 is 4.74 Å². The van der Waals surface area contributed by atoms with Gasteiger partial charge in [0.25, 0.3) is 0 Å². The molecule has 1 N–H and O–H groups in total. The molecule has 6 nitrogen and oxygen atoms in total. The first kappa shape index (κ1) is 11.6. The van der Waals surface area contributed by atoms with Crippen LogP contribution in [0.25, 0.3) is 17.0 Å². The number of aromatic nitrogens is 4. The van der Waals surface area contributed by atoms with E-state index in [1.165, 1.54) is 4.40 Å². The van der Waals surface area contributed by atoms with E-state index in [1.807, 2.05) is 30.3 Å². The van der Waals surface area contributed by atoms with Crippen molar-refractivity contribution in [3.8, 4) is 11.4 Å².